The number of halogens is 2. The van der Waals surface area contributed by atoms with Gasteiger partial charge in [-0.1, -0.05) is 35.3 Å². The summed E-state index contributed by atoms with van der Waals surface area (Å²) < 4.78 is 0. The molecule has 1 aromatic carbocycles. The number of hydrogen-bond donors (Lipinski definition) is 0. The first-order valence-electron chi connectivity index (χ1n) is 7.47. The van der Waals surface area contributed by atoms with Crippen LogP contribution in [0.5, 0.6) is 0 Å². The fraction of sp³-hybridized carbons (Fsp3) is 0.105. The van der Waals surface area contributed by atoms with E-state index >= 15 is 0 Å². The SMILES string of the molecule is Cc1cc(-c2cccnc2)c(C#N)c(SCc2ccc(Cl)cc2Cl)n1. The van der Waals surface area contributed by atoms with Crippen molar-refractivity contribution in [3.05, 3.63) is 75.7 Å². The molecule has 0 N–H and O–H groups in total. The summed E-state index contributed by atoms with van der Waals surface area (Å²) in [5.74, 6) is 0.605. The van der Waals surface area contributed by atoms with Crippen LogP contribution in [-0.2, 0) is 5.75 Å². The van der Waals surface area contributed by atoms with Crippen molar-refractivity contribution >= 4 is 35.0 Å². The van der Waals surface area contributed by atoms with Crippen LogP contribution in [0.2, 0.25) is 10.0 Å². The molecule has 0 spiro atoms. The van der Waals surface area contributed by atoms with Crippen LogP contribution in [0.1, 0.15) is 16.8 Å². The third-order valence-corrected chi connectivity index (χ3v) is 5.19. The van der Waals surface area contributed by atoms with E-state index in [1.165, 1.54) is 11.8 Å². The summed E-state index contributed by atoms with van der Waals surface area (Å²) in [7, 11) is 0. The number of aryl methyl sites for hydroxylation is 1. The molecule has 3 nitrogen and oxygen atoms in total. The summed E-state index contributed by atoms with van der Waals surface area (Å²) in [5, 5.41) is 11.6. The quantitative estimate of drug-likeness (QED) is 0.522. The highest BCUT2D eigenvalue weighted by Crippen LogP contribution is 2.33. The number of benzene rings is 1. The Hall–Kier alpha value is -2.06. The maximum absolute atomic E-state index is 9.67. The van der Waals surface area contributed by atoms with E-state index in [1.54, 1.807) is 24.5 Å². The minimum Gasteiger partial charge on any atom is -0.264 e. The van der Waals surface area contributed by atoms with Gasteiger partial charge in [-0.15, -0.1) is 11.8 Å². The Bertz CT molecular complexity index is 953. The molecule has 0 bridgehead atoms. The Kier molecular flexibility index (Phi) is 5.60. The highest BCUT2D eigenvalue weighted by atomic mass is 35.5. The average Bonchev–Trinajstić information content (AvgIpc) is 2.61. The largest absolute Gasteiger partial charge is 0.264 e. The number of pyridine rings is 2. The van der Waals surface area contributed by atoms with E-state index in [9.17, 15) is 5.26 Å². The lowest BCUT2D eigenvalue weighted by Crippen LogP contribution is -1.96. The molecule has 0 saturated carbocycles. The number of rotatable bonds is 4. The van der Waals surface area contributed by atoms with Crippen LogP contribution in [0.15, 0.2) is 53.8 Å². The third-order valence-electron chi connectivity index (χ3n) is 3.58. The van der Waals surface area contributed by atoms with Gasteiger partial charge in [-0.2, -0.15) is 5.26 Å². The van der Waals surface area contributed by atoms with Crippen molar-refractivity contribution in [3.63, 3.8) is 0 Å². The Balaban J connectivity index is 1.96. The van der Waals surface area contributed by atoms with Gasteiger partial charge in [-0.25, -0.2) is 4.98 Å². The maximum Gasteiger partial charge on any atom is 0.115 e. The van der Waals surface area contributed by atoms with Crippen molar-refractivity contribution in [3.8, 4) is 17.2 Å². The topological polar surface area (TPSA) is 49.6 Å². The van der Waals surface area contributed by atoms with Crippen molar-refractivity contribution < 1.29 is 0 Å². The van der Waals surface area contributed by atoms with E-state index < -0.39 is 0 Å². The average molecular weight is 386 g/mol. The fourth-order valence-corrected chi connectivity index (χ4v) is 4.00. The first-order chi connectivity index (χ1) is 12.1. The zero-order valence-corrected chi connectivity index (χ0v) is 15.7. The third kappa shape index (κ3) is 4.13. The van der Waals surface area contributed by atoms with Gasteiger partial charge in [-0.3, -0.25) is 4.98 Å². The Morgan fingerprint density at radius 3 is 2.72 bits per heavy atom. The van der Waals surface area contributed by atoms with Crippen LogP contribution < -0.4 is 0 Å². The molecule has 0 aliphatic carbocycles. The summed E-state index contributed by atoms with van der Waals surface area (Å²) in [6.45, 7) is 1.92. The molecule has 0 aliphatic heterocycles. The van der Waals surface area contributed by atoms with Gasteiger partial charge in [-0.05, 0) is 36.8 Å². The maximum atomic E-state index is 9.67. The summed E-state index contributed by atoms with van der Waals surface area (Å²) in [5.41, 5.74) is 4.09. The van der Waals surface area contributed by atoms with Crippen molar-refractivity contribution in [1.29, 1.82) is 5.26 Å². The molecule has 0 aliphatic rings. The Morgan fingerprint density at radius 2 is 2.04 bits per heavy atom. The molecular formula is C19H13Cl2N3S. The number of aromatic nitrogens is 2. The lowest BCUT2D eigenvalue weighted by molar-refractivity contribution is 1.05. The predicted molar refractivity (Wildman–Crippen MR) is 103 cm³/mol. The van der Waals surface area contributed by atoms with Crippen LogP contribution in [0.25, 0.3) is 11.1 Å². The molecule has 124 valence electrons. The molecule has 0 atom stereocenters. The smallest absolute Gasteiger partial charge is 0.115 e. The van der Waals surface area contributed by atoms with Gasteiger partial charge in [0.15, 0.2) is 0 Å². The van der Waals surface area contributed by atoms with Crippen LogP contribution in [0.4, 0.5) is 0 Å². The van der Waals surface area contributed by atoms with Crippen molar-refractivity contribution in [1.82, 2.24) is 9.97 Å². The molecule has 0 fully saturated rings. The van der Waals surface area contributed by atoms with Crippen LogP contribution >= 0.6 is 35.0 Å². The summed E-state index contributed by atoms with van der Waals surface area (Å²) in [4.78, 5) is 8.69. The molecule has 6 heteroatoms. The molecule has 2 heterocycles. The molecule has 0 saturated heterocycles. The summed E-state index contributed by atoms with van der Waals surface area (Å²) in [6.07, 6.45) is 3.46. The normalized spacial score (nSPS) is 10.5. The minimum absolute atomic E-state index is 0.550. The van der Waals surface area contributed by atoms with E-state index in [0.29, 0.717) is 26.4 Å². The zero-order chi connectivity index (χ0) is 17.8. The zero-order valence-electron chi connectivity index (χ0n) is 13.3. The Labute approximate surface area is 160 Å². The van der Waals surface area contributed by atoms with E-state index in [-0.39, 0.29) is 0 Å². The first-order valence-corrected chi connectivity index (χ1v) is 9.21. The van der Waals surface area contributed by atoms with Crippen LogP contribution in [-0.4, -0.2) is 9.97 Å². The second-order valence-electron chi connectivity index (χ2n) is 5.37. The van der Waals surface area contributed by atoms with E-state index in [1.807, 2.05) is 31.2 Å². The highest BCUT2D eigenvalue weighted by Gasteiger charge is 2.14. The second-order valence-corrected chi connectivity index (χ2v) is 7.18. The summed E-state index contributed by atoms with van der Waals surface area (Å²) in [6, 6.07) is 13.4. The summed E-state index contributed by atoms with van der Waals surface area (Å²) >= 11 is 13.7. The molecular weight excluding hydrogens is 373 g/mol. The van der Waals surface area contributed by atoms with Gasteiger partial charge < -0.3 is 0 Å². The molecule has 0 amide bonds. The van der Waals surface area contributed by atoms with Gasteiger partial charge in [0.05, 0.1) is 5.56 Å². The Morgan fingerprint density at radius 1 is 1.20 bits per heavy atom. The second kappa shape index (κ2) is 7.88. The monoisotopic (exact) mass is 385 g/mol. The lowest BCUT2D eigenvalue weighted by Gasteiger charge is -2.11. The standard InChI is InChI=1S/C19H13Cl2N3S/c1-12-7-16(13-3-2-6-23-10-13)17(9-22)19(24-12)25-11-14-4-5-15(20)8-18(14)21/h2-8,10H,11H2,1H3. The number of hydrogen-bond acceptors (Lipinski definition) is 4. The first kappa shape index (κ1) is 17.8. The van der Waals surface area contributed by atoms with Crippen molar-refractivity contribution in [2.75, 3.05) is 0 Å². The highest BCUT2D eigenvalue weighted by molar-refractivity contribution is 7.98. The minimum atomic E-state index is 0.550. The van der Waals surface area contributed by atoms with Crippen LogP contribution in [0.3, 0.4) is 0 Å². The van der Waals surface area contributed by atoms with E-state index in [4.69, 9.17) is 23.2 Å². The van der Waals surface area contributed by atoms with Crippen molar-refractivity contribution in [2.24, 2.45) is 0 Å². The van der Waals surface area contributed by atoms with Gasteiger partial charge >= 0.3 is 0 Å². The van der Waals surface area contributed by atoms with Gasteiger partial charge in [0.1, 0.15) is 11.1 Å². The lowest BCUT2D eigenvalue weighted by atomic mass is 10.0. The predicted octanol–water partition coefficient (Wildman–Crippen LogP) is 5.92. The fourth-order valence-electron chi connectivity index (χ4n) is 2.39. The molecule has 2 aromatic heterocycles. The molecule has 0 radical (unpaired) electrons. The van der Waals surface area contributed by atoms with Crippen molar-refractivity contribution in [2.45, 2.75) is 17.7 Å². The van der Waals surface area contributed by atoms with Gasteiger partial charge in [0, 0.05) is 45.0 Å². The van der Waals surface area contributed by atoms with E-state index in [2.05, 4.69) is 16.0 Å². The number of nitrogens with zero attached hydrogens (tertiary/aromatic N) is 3. The van der Waals surface area contributed by atoms with Crippen LogP contribution in [0, 0.1) is 18.3 Å². The molecule has 0 unspecified atom stereocenters. The number of thioether (sulfide) groups is 1. The van der Waals surface area contributed by atoms with E-state index in [0.717, 1.165) is 22.4 Å². The number of nitriles is 1. The van der Waals surface area contributed by atoms with Gasteiger partial charge in [0.25, 0.3) is 0 Å². The molecule has 3 aromatic rings. The molecule has 25 heavy (non-hydrogen) atoms. The van der Waals surface area contributed by atoms with Gasteiger partial charge in [0.2, 0.25) is 0 Å². The molecule has 3 rings (SSSR count).